The second-order valence-electron chi connectivity index (χ2n) is 6.11. The SMILES string of the molecule is O=C(Cc1n[nH]c(=O)c2ccccc12)NCC(=O)Nc1ccc2c(c1)OCO2. The van der Waals surface area contributed by atoms with Gasteiger partial charge in [0.1, 0.15) is 0 Å². The first-order valence-electron chi connectivity index (χ1n) is 8.52. The summed E-state index contributed by atoms with van der Waals surface area (Å²) in [5.41, 5.74) is 0.656. The highest BCUT2D eigenvalue weighted by atomic mass is 16.7. The highest BCUT2D eigenvalue weighted by Crippen LogP contribution is 2.34. The molecule has 0 atom stereocenters. The van der Waals surface area contributed by atoms with E-state index < -0.39 is 0 Å². The molecule has 0 bridgehead atoms. The van der Waals surface area contributed by atoms with E-state index >= 15 is 0 Å². The van der Waals surface area contributed by atoms with Gasteiger partial charge in [-0.2, -0.15) is 5.10 Å². The lowest BCUT2D eigenvalue weighted by molar-refractivity contribution is -0.123. The quantitative estimate of drug-likeness (QED) is 0.606. The third kappa shape index (κ3) is 3.63. The average molecular weight is 380 g/mol. The van der Waals surface area contributed by atoms with Gasteiger partial charge in [0.2, 0.25) is 18.6 Å². The maximum atomic E-state index is 12.2. The lowest BCUT2D eigenvalue weighted by Gasteiger charge is -2.08. The van der Waals surface area contributed by atoms with Crippen molar-refractivity contribution in [1.82, 2.24) is 15.5 Å². The summed E-state index contributed by atoms with van der Waals surface area (Å²) in [5, 5.41) is 12.6. The Kier molecular flexibility index (Phi) is 4.63. The molecule has 4 rings (SSSR count). The standard InChI is InChI=1S/C19H16N4O5/c24-17(8-14-12-3-1-2-4-13(12)19(26)23-22-14)20-9-18(25)21-11-5-6-15-16(7-11)28-10-27-15/h1-7H,8-10H2,(H,20,24)(H,21,25)(H,23,26). The third-order valence-electron chi connectivity index (χ3n) is 4.21. The van der Waals surface area contributed by atoms with E-state index in [-0.39, 0.29) is 37.1 Å². The first kappa shape index (κ1) is 17.5. The van der Waals surface area contributed by atoms with Crippen LogP contribution in [0, 0.1) is 0 Å². The molecule has 0 fully saturated rings. The molecule has 9 heteroatoms. The van der Waals surface area contributed by atoms with E-state index in [1.54, 1.807) is 42.5 Å². The van der Waals surface area contributed by atoms with Gasteiger partial charge in [-0.05, 0) is 18.2 Å². The van der Waals surface area contributed by atoms with Crippen LogP contribution in [0.25, 0.3) is 10.8 Å². The number of ether oxygens (including phenoxy) is 2. The molecule has 0 saturated heterocycles. The summed E-state index contributed by atoms with van der Waals surface area (Å²) in [7, 11) is 0. The van der Waals surface area contributed by atoms with Crippen LogP contribution < -0.4 is 25.7 Å². The molecule has 1 aliphatic heterocycles. The van der Waals surface area contributed by atoms with E-state index in [0.29, 0.717) is 33.7 Å². The summed E-state index contributed by atoms with van der Waals surface area (Å²) < 4.78 is 10.5. The zero-order chi connectivity index (χ0) is 19.5. The van der Waals surface area contributed by atoms with Crippen molar-refractivity contribution in [2.24, 2.45) is 0 Å². The van der Waals surface area contributed by atoms with Gasteiger partial charge in [-0.3, -0.25) is 14.4 Å². The number of fused-ring (bicyclic) bond motifs is 2. The second-order valence-corrected chi connectivity index (χ2v) is 6.11. The summed E-state index contributed by atoms with van der Waals surface area (Å²) in [5.74, 6) is 0.404. The van der Waals surface area contributed by atoms with E-state index in [0.717, 1.165) is 0 Å². The molecule has 28 heavy (non-hydrogen) atoms. The van der Waals surface area contributed by atoms with Crippen LogP contribution in [0.4, 0.5) is 5.69 Å². The van der Waals surface area contributed by atoms with Gasteiger partial charge in [0.05, 0.1) is 24.0 Å². The Bertz CT molecular complexity index is 1120. The maximum Gasteiger partial charge on any atom is 0.272 e. The number of aromatic nitrogens is 2. The van der Waals surface area contributed by atoms with Crippen LogP contribution >= 0.6 is 0 Å². The molecule has 2 amide bonds. The highest BCUT2D eigenvalue weighted by molar-refractivity contribution is 5.95. The fraction of sp³-hybridized carbons (Fsp3) is 0.158. The number of amides is 2. The minimum atomic E-state index is -0.384. The molecule has 2 heterocycles. The number of aromatic amines is 1. The van der Waals surface area contributed by atoms with Gasteiger partial charge in [0.25, 0.3) is 5.56 Å². The van der Waals surface area contributed by atoms with Crippen LogP contribution in [-0.4, -0.2) is 35.3 Å². The first-order chi connectivity index (χ1) is 13.6. The van der Waals surface area contributed by atoms with E-state index in [1.165, 1.54) is 0 Å². The van der Waals surface area contributed by atoms with Crippen molar-refractivity contribution in [3.05, 3.63) is 58.5 Å². The zero-order valence-electron chi connectivity index (χ0n) is 14.7. The molecular formula is C19H16N4O5. The molecule has 0 radical (unpaired) electrons. The lowest BCUT2D eigenvalue weighted by atomic mass is 10.1. The van der Waals surface area contributed by atoms with Crippen molar-refractivity contribution >= 4 is 28.3 Å². The average Bonchev–Trinajstić information content (AvgIpc) is 3.17. The lowest BCUT2D eigenvalue weighted by Crippen LogP contribution is -2.34. The van der Waals surface area contributed by atoms with Crippen LogP contribution in [0.5, 0.6) is 11.5 Å². The Morgan fingerprint density at radius 1 is 1.04 bits per heavy atom. The van der Waals surface area contributed by atoms with E-state index in [1.807, 2.05) is 0 Å². The predicted octanol–water partition coefficient (Wildman–Crippen LogP) is 0.949. The molecule has 0 spiro atoms. The number of H-pyrrole nitrogens is 1. The number of benzene rings is 2. The van der Waals surface area contributed by atoms with Crippen LogP contribution in [0.1, 0.15) is 5.69 Å². The number of carbonyl (C=O) groups is 2. The summed E-state index contributed by atoms with van der Waals surface area (Å²) in [6, 6.07) is 11.9. The number of rotatable bonds is 5. The van der Waals surface area contributed by atoms with Gasteiger partial charge in [-0.25, -0.2) is 5.10 Å². The number of hydrogen-bond acceptors (Lipinski definition) is 6. The minimum Gasteiger partial charge on any atom is -0.454 e. The van der Waals surface area contributed by atoms with Gasteiger partial charge in [-0.1, -0.05) is 18.2 Å². The fourth-order valence-electron chi connectivity index (χ4n) is 2.88. The second kappa shape index (κ2) is 7.39. The normalized spacial score (nSPS) is 12.0. The molecule has 142 valence electrons. The van der Waals surface area contributed by atoms with Gasteiger partial charge < -0.3 is 20.1 Å². The highest BCUT2D eigenvalue weighted by Gasteiger charge is 2.15. The minimum absolute atomic E-state index is 0.0609. The van der Waals surface area contributed by atoms with Gasteiger partial charge >= 0.3 is 0 Å². The number of hydrogen-bond donors (Lipinski definition) is 3. The molecule has 3 N–H and O–H groups in total. The maximum absolute atomic E-state index is 12.2. The Hall–Kier alpha value is -3.88. The topological polar surface area (TPSA) is 122 Å². The summed E-state index contributed by atoms with van der Waals surface area (Å²) >= 11 is 0. The largest absolute Gasteiger partial charge is 0.454 e. The number of anilines is 1. The van der Waals surface area contributed by atoms with Crippen molar-refractivity contribution in [3.63, 3.8) is 0 Å². The predicted molar refractivity (Wildman–Crippen MR) is 100 cm³/mol. The molecular weight excluding hydrogens is 364 g/mol. The Balaban J connectivity index is 1.35. The number of nitrogens with zero attached hydrogens (tertiary/aromatic N) is 1. The fourth-order valence-corrected chi connectivity index (χ4v) is 2.88. The summed E-state index contributed by atoms with van der Waals surface area (Å²) in [6.45, 7) is -0.0508. The third-order valence-corrected chi connectivity index (χ3v) is 4.21. The van der Waals surface area contributed by atoms with Crippen LogP contribution in [0.15, 0.2) is 47.3 Å². The molecule has 0 unspecified atom stereocenters. The van der Waals surface area contributed by atoms with Crippen molar-refractivity contribution < 1.29 is 19.1 Å². The Labute approximate surface area is 158 Å². The molecule has 3 aromatic rings. The van der Waals surface area contributed by atoms with Gasteiger partial charge in [0.15, 0.2) is 11.5 Å². The van der Waals surface area contributed by atoms with Crippen molar-refractivity contribution in [1.29, 1.82) is 0 Å². The smallest absolute Gasteiger partial charge is 0.272 e. The first-order valence-corrected chi connectivity index (χ1v) is 8.52. The number of carbonyl (C=O) groups excluding carboxylic acids is 2. The van der Waals surface area contributed by atoms with Crippen LogP contribution in [-0.2, 0) is 16.0 Å². The summed E-state index contributed by atoms with van der Waals surface area (Å²) in [6.07, 6.45) is -0.0609. The van der Waals surface area contributed by atoms with E-state index in [9.17, 15) is 14.4 Å². The molecule has 1 aromatic heterocycles. The van der Waals surface area contributed by atoms with Crippen molar-refractivity contribution in [3.8, 4) is 11.5 Å². The molecule has 0 aliphatic carbocycles. The monoisotopic (exact) mass is 380 g/mol. The summed E-state index contributed by atoms with van der Waals surface area (Å²) in [4.78, 5) is 36.0. The van der Waals surface area contributed by atoms with Crippen LogP contribution in [0.3, 0.4) is 0 Å². The Morgan fingerprint density at radius 2 is 1.82 bits per heavy atom. The molecule has 1 aliphatic rings. The van der Waals surface area contributed by atoms with Crippen LogP contribution in [0.2, 0.25) is 0 Å². The molecule has 0 saturated carbocycles. The number of nitrogens with one attached hydrogen (secondary N) is 3. The van der Waals surface area contributed by atoms with Gasteiger partial charge in [0, 0.05) is 17.1 Å². The van der Waals surface area contributed by atoms with Crippen molar-refractivity contribution in [2.75, 3.05) is 18.7 Å². The molecule has 2 aromatic carbocycles. The molecule has 9 nitrogen and oxygen atoms in total. The van der Waals surface area contributed by atoms with Crippen molar-refractivity contribution in [2.45, 2.75) is 6.42 Å². The van der Waals surface area contributed by atoms with E-state index in [2.05, 4.69) is 20.8 Å². The van der Waals surface area contributed by atoms with E-state index in [4.69, 9.17) is 9.47 Å². The van der Waals surface area contributed by atoms with Gasteiger partial charge in [-0.15, -0.1) is 0 Å². The zero-order valence-corrected chi connectivity index (χ0v) is 14.7. The Morgan fingerprint density at radius 3 is 2.68 bits per heavy atom.